The zero-order chi connectivity index (χ0) is 18.8. The molecule has 0 atom stereocenters. The molecule has 1 fully saturated rings. The van der Waals surface area contributed by atoms with Gasteiger partial charge in [0.15, 0.2) is 5.13 Å². The van der Waals surface area contributed by atoms with Gasteiger partial charge < -0.3 is 10.2 Å². The molecule has 5 nitrogen and oxygen atoms in total. The Labute approximate surface area is 162 Å². The molecule has 0 unspecified atom stereocenters. The number of amides is 2. The molecule has 1 aromatic heterocycles. The van der Waals surface area contributed by atoms with E-state index in [-0.39, 0.29) is 17.7 Å². The van der Waals surface area contributed by atoms with Crippen LogP contribution in [-0.4, -0.2) is 34.8 Å². The van der Waals surface area contributed by atoms with Crippen molar-refractivity contribution in [2.24, 2.45) is 5.92 Å². The highest BCUT2D eigenvalue weighted by Crippen LogP contribution is 2.27. The summed E-state index contributed by atoms with van der Waals surface area (Å²) in [6.45, 7) is 3.15. The molecule has 0 bridgehead atoms. The fourth-order valence-corrected chi connectivity index (χ4v) is 4.33. The second kappa shape index (κ2) is 7.48. The summed E-state index contributed by atoms with van der Waals surface area (Å²) in [5.74, 6) is -0.0342. The van der Waals surface area contributed by atoms with Gasteiger partial charge >= 0.3 is 0 Å². The van der Waals surface area contributed by atoms with Gasteiger partial charge in [0, 0.05) is 24.6 Å². The number of nitrogens with zero attached hydrogens (tertiary/aromatic N) is 2. The molecule has 6 heteroatoms. The normalized spacial score (nSPS) is 15.1. The molecule has 2 heterocycles. The first-order chi connectivity index (χ1) is 13.1. The number of piperidine rings is 1. The van der Waals surface area contributed by atoms with E-state index in [1.54, 1.807) is 0 Å². The minimum absolute atomic E-state index is 0.00273. The van der Waals surface area contributed by atoms with E-state index in [0.717, 1.165) is 21.3 Å². The zero-order valence-corrected chi connectivity index (χ0v) is 16.0. The third kappa shape index (κ3) is 3.71. The van der Waals surface area contributed by atoms with Gasteiger partial charge in [-0.3, -0.25) is 9.59 Å². The molecule has 3 aromatic rings. The number of para-hydroxylation sites is 1. The molecular formula is C21H21N3O2S. The van der Waals surface area contributed by atoms with Crippen molar-refractivity contribution in [2.75, 3.05) is 18.4 Å². The summed E-state index contributed by atoms with van der Waals surface area (Å²) in [6.07, 6.45) is 1.35. The largest absolute Gasteiger partial charge is 0.339 e. The van der Waals surface area contributed by atoms with E-state index in [1.165, 1.54) is 11.3 Å². The molecule has 0 radical (unpaired) electrons. The number of fused-ring (bicyclic) bond motifs is 1. The Morgan fingerprint density at radius 2 is 1.78 bits per heavy atom. The highest BCUT2D eigenvalue weighted by Gasteiger charge is 2.28. The number of hydrogen-bond donors (Lipinski definition) is 1. The first kappa shape index (κ1) is 17.7. The predicted octanol–water partition coefficient (Wildman–Crippen LogP) is 4.10. The van der Waals surface area contributed by atoms with E-state index in [2.05, 4.69) is 10.3 Å². The van der Waals surface area contributed by atoms with Crippen LogP contribution in [0.3, 0.4) is 0 Å². The maximum Gasteiger partial charge on any atom is 0.254 e. The van der Waals surface area contributed by atoms with Crippen molar-refractivity contribution in [2.45, 2.75) is 19.8 Å². The van der Waals surface area contributed by atoms with Crippen LogP contribution in [0.15, 0.2) is 48.5 Å². The number of aryl methyl sites for hydroxylation is 1. The number of hydrogen-bond acceptors (Lipinski definition) is 4. The minimum atomic E-state index is -0.0852. The number of anilines is 1. The van der Waals surface area contributed by atoms with Gasteiger partial charge in [0.25, 0.3) is 5.91 Å². The number of nitrogens with one attached hydrogen (secondary N) is 1. The molecule has 1 aliphatic rings. The number of thiazole rings is 1. The van der Waals surface area contributed by atoms with E-state index < -0.39 is 0 Å². The lowest BCUT2D eigenvalue weighted by Crippen LogP contribution is -2.41. The summed E-state index contributed by atoms with van der Waals surface area (Å²) in [4.78, 5) is 31.6. The molecule has 4 rings (SSSR count). The molecular weight excluding hydrogens is 358 g/mol. The van der Waals surface area contributed by atoms with Gasteiger partial charge in [0.05, 0.1) is 10.2 Å². The number of aromatic nitrogens is 1. The van der Waals surface area contributed by atoms with Crippen molar-refractivity contribution in [3.63, 3.8) is 0 Å². The second-order valence-corrected chi connectivity index (χ2v) is 7.89. The average molecular weight is 379 g/mol. The number of rotatable bonds is 3. The Kier molecular flexibility index (Phi) is 4.90. The van der Waals surface area contributed by atoms with Crippen LogP contribution in [-0.2, 0) is 4.79 Å². The van der Waals surface area contributed by atoms with Crippen LogP contribution in [0.1, 0.15) is 28.8 Å². The molecule has 0 spiro atoms. The average Bonchev–Trinajstić information content (AvgIpc) is 3.10. The van der Waals surface area contributed by atoms with E-state index in [0.29, 0.717) is 31.1 Å². The number of carbonyl (C=O) groups excluding carboxylic acids is 2. The van der Waals surface area contributed by atoms with Gasteiger partial charge in [0.2, 0.25) is 5.91 Å². The first-order valence-electron chi connectivity index (χ1n) is 9.13. The summed E-state index contributed by atoms with van der Waals surface area (Å²) < 4.78 is 1.06. The van der Waals surface area contributed by atoms with Gasteiger partial charge in [-0.05, 0) is 43.5 Å². The molecule has 0 saturated carbocycles. The van der Waals surface area contributed by atoms with Gasteiger partial charge in [-0.1, -0.05) is 41.7 Å². The molecule has 138 valence electrons. The van der Waals surface area contributed by atoms with Crippen LogP contribution in [0, 0.1) is 12.8 Å². The highest BCUT2D eigenvalue weighted by atomic mass is 32.1. The van der Waals surface area contributed by atoms with Crippen molar-refractivity contribution in [3.8, 4) is 0 Å². The fourth-order valence-electron chi connectivity index (χ4n) is 3.46. The third-order valence-electron chi connectivity index (χ3n) is 5.05. The summed E-state index contributed by atoms with van der Waals surface area (Å²) >= 11 is 1.49. The monoisotopic (exact) mass is 379 g/mol. The minimum Gasteiger partial charge on any atom is -0.339 e. The highest BCUT2D eigenvalue weighted by molar-refractivity contribution is 7.22. The van der Waals surface area contributed by atoms with Crippen LogP contribution < -0.4 is 5.32 Å². The van der Waals surface area contributed by atoms with Crippen molar-refractivity contribution >= 4 is 38.5 Å². The van der Waals surface area contributed by atoms with Crippen LogP contribution in [0.2, 0.25) is 0 Å². The Morgan fingerprint density at radius 1 is 1.07 bits per heavy atom. The van der Waals surface area contributed by atoms with E-state index in [1.807, 2.05) is 60.4 Å². The SMILES string of the molecule is Cc1ccccc1C(=O)N1CCC(C(=O)Nc2nc3ccccc3s2)CC1. The van der Waals surface area contributed by atoms with E-state index >= 15 is 0 Å². The van der Waals surface area contributed by atoms with Crippen LogP contribution in [0.5, 0.6) is 0 Å². The summed E-state index contributed by atoms with van der Waals surface area (Å²) in [5.41, 5.74) is 2.63. The van der Waals surface area contributed by atoms with Gasteiger partial charge in [-0.2, -0.15) is 0 Å². The predicted molar refractivity (Wildman–Crippen MR) is 108 cm³/mol. The van der Waals surface area contributed by atoms with Crippen LogP contribution in [0.4, 0.5) is 5.13 Å². The number of likely N-dealkylation sites (tertiary alicyclic amines) is 1. The van der Waals surface area contributed by atoms with Crippen molar-refractivity contribution in [1.82, 2.24) is 9.88 Å². The maximum atomic E-state index is 12.7. The van der Waals surface area contributed by atoms with Crippen molar-refractivity contribution in [3.05, 3.63) is 59.7 Å². The van der Waals surface area contributed by atoms with Crippen LogP contribution >= 0.6 is 11.3 Å². The summed E-state index contributed by atoms with van der Waals surface area (Å²) in [5, 5.41) is 3.59. The van der Waals surface area contributed by atoms with Crippen molar-refractivity contribution in [1.29, 1.82) is 0 Å². The fraction of sp³-hybridized carbons (Fsp3) is 0.286. The molecule has 2 amide bonds. The molecule has 1 saturated heterocycles. The number of carbonyl (C=O) groups is 2. The molecule has 27 heavy (non-hydrogen) atoms. The lowest BCUT2D eigenvalue weighted by atomic mass is 9.95. The third-order valence-corrected chi connectivity index (χ3v) is 6.00. The number of benzene rings is 2. The van der Waals surface area contributed by atoms with Gasteiger partial charge in [-0.15, -0.1) is 0 Å². The Morgan fingerprint density at radius 3 is 2.52 bits per heavy atom. The second-order valence-electron chi connectivity index (χ2n) is 6.86. The first-order valence-corrected chi connectivity index (χ1v) is 9.95. The quantitative estimate of drug-likeness (QED) is 0.745. The lowest BCUT2D eigenvalue weighted by Gasteiger charge is -2.31. The van der Waals surface area contributed by atoms with Gasteiger partial charge in [-0.25, -0.2) is 4.98 Å². The zero-order valence-electron chi connectivity index (χ0n) is 15.1. The Hall–Kier alpha value is -2.73. The molecule has 1 aliphatic heterocycles. The topological polar surface area (TPSA) is 62.3 Å². The van der Waals surface area contributed by atoms with Crippen LogP contribution in [0.25, 0.3) is 10.2 Å². The molecule has 1 N–H and O–H groups in total. The Balaban J connectivity index is 1.36. The summed E-state index contributed by atoms with van der Waals surface area (Å²) in [7, 11) is 0. The standard InChI is InChI=1S/C21H21N3O2S/c1-14-6-2-3-7-16(14)20(26)24-12-10-15(11-13-24)19(25)23-21-22-17-8-4-5-9-18(17)27-21/h2-9,15H,10-13H2,1H3,(H,22,23,25). The van der Waals surface area contributed by atoms with E-state index in [4.69, 9.17) is 0 Å². The summed E-state index contributed by atoms with van der Waals surface area (Å²) in [6, 6.07) is 15.5. The lowest BCUT2D eigenvalue weighted by molar-refractivity contribution is -0.121. The smallest absolute Gasteiger partial charge is 0.254 e. The van der Waals surface area contributed by atoms with Gasteiger partial charge in [0.1, 0.15) is 0 Å². The van der Waals surface area contributed by atoms with E-state index in [9.17, 15) is 9.59 Å². The molecule has 2 aromatic carbocycles. The Bertz CT molecular complexity index is 957. The van der Waals surface area contributed by atoms with Crippen molar-refractivity contribution < 1.29 is 9.59 Å². The molecule has 0 aliphatic carbocycles. The maximum absolute atomic E-state index is 12.7.